The smallest absolute Gasteiger partial charge is 0.244 e. The number of nitrogens with one attached hydrogen (secondary N) is 1. The number of amides is 1. The van der Waals surface area contributed by atoms with Crippen LogP contribution in [0, 0.1) is 17.8 Å². The summed E-state index contributed by atoms with van der Waals surface area (Å²) in [7, 11) is 1.65. The summed E-state index contributed by atoms with van der Waals surface area (Å²) in [5, 5.41) is 3.15. The quantitative estimate of drug-likeness (QED) is 0.843. The molecule has 2 saturated carbocycles. The first-order valence-corrected chi connectivity index (χ1v) is 8.28. The summed E-state index contributed by atoms with van der Waals surface area (Å²) >= 11 is 0. The predicted octanol–water partition coefficient (Wildman–Crippen LogP) is 3.65. The van der Waals surface area contributed by atoms with Crippen LogP contribution in [0.4, 0.5) is 0 Å². The van der Waals surface area contributed by atoms with Gasteiger partial charge < -0.3 is 10.1 Å². The molecule has 2 fully saturated rings. The van der Waals surface area contributed by atoms with Gasteiger partial charge in [0.25, 0.3) is 0 Å². The standard InChI is InChI=1S/C19H25NO2/c1-13(18-12-15-3-7-16(18)11-15)20-19(21)10-6-14-4-8-17(22-2)9-5-14/h4-6,8-10,13,15-16,18H,3,7,11-12H2,1-2H3,(H,20,21)/b10-6+. The molecule has 0 heterocycles. The zero-order chi connectivity index (χ0) is 15.5. The van der Waals surface area contributed by atoms with Crippen molar-refractivity contribution in [3.63, 3.8) is 0 Å². The Bertz CT molecular complexity index is 549. The van der Waals surface area contributed by atoms with Crippen LogP contribution in [0.1, 0.15) is 38.2 Å². The van der Waals surface area contributed by atoms with Gasteiger partial charge in [-0.05, 0) is 67.7 Å². The van der Waals surface area contributed by atoms with Crippen LogP contribution in [0.2, 0.25) is 0 Å². The number of hydrogen-bond acceptors (Lipinski definition) is 2. The molecule has 3 rings (SSSR count). The second-order valence-electron chi connectivity index (χ2n) is 6.74. The fourth-order valence-electron chi connectivity index (χ4n) is 4.17. The molecular formula is C19H25NO2. The van der Waals surface area contributed by atoms with Crippen LogP contribution in [0.15, 0.2) is 30.3 Å². The van der Waals surface area contributed by atoms with Crippen molar-refractivity contribution < 1.29 is 9.53 Å². The molecule has 4 atom stereocenters. The Hall–Kier alpha value is -1.77. The number of methoxy groups -OCH3 is 1. The summed E-state index contributed by atoms with van der Waals surface area (Å²) < 4.78 is 5.13. The van der Waals surface area contributed by atoms with Crippen molar-refractivity contribution in [2.45, 2.75) is 38.6 Å². The highest BCUT2D eigenvalue weighted by Gasteiger charge is 2.41. The molecular weight excluding hydrogens is 274 g/mol. The average Bonchev–Trinajstić information content (AvgIpc) is 3.16. The minimum Gasteiger partial charge on any atom is -0.497 e. The van der Waals surface area contributed by atoms with Gasteiger partial charge in [-0.15, -0.1) is 0 Å². The molecule has 1 N–H and O–H groups in total. The summed E-state index contributed by atoms with van der Waals surface area (Å²) in [6.45, 7) is 2.16. The van der Waals surface area contributed by atoms with Crippen LogP contribution in [0.25, 0.3) is 6.08 Å². The van der Waals surface area contributed by atoms with Gasteiger partial charge in [-0.25, -0.2) is 0 Å². The summed E-state index contributed by atoms with van der Waals surface area (Å²) in [5.41, 5.74) is 1.00. The zero-order valence-corrected chi connectivity index (χ0v) is 13.4. The fourth-order valence-corrected chi connectivity index (χ4v) is 4.17. The van der Waals surface area contributed by atoms with Crippen molar-refractivity contribution in [3.05, 3.63) is 35.9 Å². The highest BCUT2D eigenvalue weighted by molar-refractivity contribution is 5.91. The van der Waals surface area contributed by atoms with Crippen molar-refractivity contribution in [3.8, 4) is 5.75 Å². The topological polar surface area (TPSA) is 38.3 Å². The Morgan fingerprint density at radius 3 is 2.64 bits per heavy atom. The van der Waals surface area contributed by atoms with Gasteiger partial charge >= 0.3 is 0 Å². The fraction of sp³-hybridized carbons (Fsp3) is 0.526. The number of ether oxygens (including phenoxy) is 1. The van der Waals surface area contributed by atoms with Gasteiger partial charge in [0.05, 0.1) is 7.11 Å². The summed E-state index contributed by atoms with van der Waals surface area (Å²) in [4.78, 5) is 12.1. The lowest BCUT2D eigenvalue weighted by molar-refractivity contribution is -0.117. The molecule has 118 valence electrons. The van der Waals surface area contributed by atoms with Gasteiger partial charge in [0.2, 0.25) is 5.91 Å². The lowest BCUT2D eigenvalue weighted by Gasteiger charge is -2.28. The summed E-state index contributed by atoms with van der Waals surface area (Å²) in [6, 6.07) is 7.97. The Kier molecular flexibility index (Phi) is 4.51. The minimum atomic E-state index is 0.00564. The van der Waals surface area contributed by atoms with E-state index in [2.05, 4.69) is 12.2 Å². The van der Waals surface area contributed by atoms with Crippen molar-refractivity contribution in [2.75, 3.05) is 7.11 Å². The molecule has 0 aliphatic heterocycles. The second-order valence-corrected chi connectivity index (χ2v) is 6.74. The van der Waals surface area contributed by atoms with E-state index < -0.39 is 0 Å². The van der Waals surface area contributed by atoms with Gasteiger partial charge in [-0.3, -0.25) is 4.79 Å². The van der Waals surface area contributed by atoms with E-state index in [1.165, 1.54) is 25.7 Å². The molecule has 2 aliphatic rings. The largest absolute Gasteiger partial charge is 0.497 e. The molecule has 0 saturated heterocycles. The van der Waals surface area contributed by atoms with E-state index in [0.29, 0.717) is 5.92 Å². The first kappa shape index (κ1) is 15.1. The van der Waals surface area contributed by atoms with E-state index in [-0.39, 0.29) is 11.9 Å². The number of fused-ring (bicyclic) bond motifs is 2. The average molecular weight is 299 g/mol. The van der Waals surface area contributed by atoms with Gasteiger partial charge in [-0.1, -0.05) is 18.6 Å². The lowest BCUT2D eigenvalue weighted by atomic mass is 9.84. The van der Waals surface area contributed by atoms with Crippen LogP contribution in [0.3, 0.4) is 0 Å². The maximum Gasteiger partial charge on any atom is 0.244 e. The molecule has 3 heteroatoms. The van der Waals surface area contributed by atoms with E-state index in [1.54, 1.807) is 13.2 Å². The molecule has 4 unspecified atom stereocenters. The number of rotatable bonds is 5. The Morgan fingerprint density at radius 2 is 2.05 bits per heavy atom. The third-order valence-electron chi connectivity index (χ3n) is 5.35. The van der Waals surface area contributed by atoms with Crippen LogP contribution >= 0.6 is 0 Å². The van der Waals surface area contributed by atoms with Crippen molar-refractivity contribution in [1.82, 2.24) is 5.32 Å². The van der Waals surface area contributed by atoms with E-state index in [9.17, 15) is 4.79 Å². The second kappa shape index (κ2) is 6.55. The monoisotopic (exact) mass is 299 g/mol. The van der Waals surface area contributed by atoms with Gasteiger partial charge in [-0.2, -0.15) is 0 Å². The maximum absolute atomic E-state index is 12.1. The van der Waals surface area contributed by atoms with Gasteiger partial charge in [0.1, 0.15) is 5.75 Å². The van der Waals surface area contributed by atoms with Gasteiger partial charge in [0, 0.05) is 12.1 Å². The highest BCUT2D eigenvalue weighted by Crippen LogP contribution is 2.49. The molecule has 1 amide bonds. The Labute approximate surface area is 132 Å². The maximum atomic E-state index is 12.1. The van der Waals surface area contributed by atoms with Crippen molar-refractivity contribution >= 4 is 12.0 Å². The first-order valence-electron chi connectivity index (χ1n) is 8.28. The molecule has 2 aliphatic carbocycles. The summed E-state index contributed by atoms with van der Waals surface area (Å²) in [6.07, 6.45) is 8.92. The van der Waals surface area contributed by atoms with E-state index in [1.807, 2.05) is 30.3 Å². The molecule has 3 nitrogen and oxygen atoms in total. The van der Waals surface area contributed by atoms with E-state index in [0.717, 1.165) is 23.1 Å². The first-order chi connectivity index (χ1) is 10.7. The number of carbonyl (C=O) groups is 1. The molecule has 2 bridgehead atoms. The predicted molar refractivity (Wildman–Crippen MR) is 88.6 cm³/mol. The number of hydrogen-bond donors (Lipinski definition) is 1. The molecule has 0 aromatic heterocycles. The Balaban J connectivity index is 1.52. The number of carbonyl (C=O) groups excluding carboxylic acids is 1. The minimum absolute atomic E-state index is 0.00564. The molecule has 0 radical (unpaired) electrons. The number of benzene rings is 1. The van der Waals surface area contributed by atoms with E-state index >= 15 is 0 Å². The Morgan fingerprint density at radius 1 is 1.27 bits per heavy atom. The molecule has 0 spiro atoms. The normalized spacial score (nSPS) is 28.0. The summed E-state index contributed by atoms with van der Waals surface area (Å²) in [5.74, 6) is 3.27. The van der Waals surface area contributed by atoms with Crippen LogP contribution < -0.4 is 10.1 Å². The zero-order valence-electron chi connectivity index (χ0n) is 13.4. The molecule has 1 aromatic rings. The lowest BCUT2D eigenvalue weighted by Crippen LogP contribution is -2.39. The molecule has 1 aromatic carbocycles. The SMILES string of the molecule is COc1ccc(/C=C/C(=O)NC(C)C2CC3CCC2C3)cc1. The van der Waals surface area contributed by atoms with Crippen LogP contribution in [-0.2, 0) is 4.79 Å². The van der Waals surface area contributed by atoms with Crippen LogP contribution in [-0.4, -0.2) is 19.1 Å². The van der Waals surface area contributed by atoms with E-state index in [4.69, 9.17) is 4.74 Å². The third kappa shape index (κ3) is 3.34. The van der Waals surface area contributed by atoms with Crippen molar-refractivity contribution in [1.29, 1.82) is 0 Å². The molecule has 22 heavy (non-hydrogen) atoms. The third-order valence-corrected chi connectivity index (χ3v) is 5.35. The van der Waals surface area contributed by atoms with Crippen LogP contribution in [0.5, 0.6) is 5.75 Å². The van der Waals surface area contributed by atoms with Crippen molar-refractivity contribution in [2.24, 2.45) is 17.8 Å². The highest BCUT2D eigenvalue weighted by atomic mass is 16.5. The van der Waals surface area contributed by atoms with Gasteiger partial charge in [0.15, 0.2) is 0 Å².